The predicted molar refractivity (Wildman–Crippen MR) is 86.1 cm³/mol. The molecule has 4 heteroatoms. The average Bonchev–Trinajstić information content (AvgIpc) is 2.95. The van der Waals surface area contributed by atoms with Crippen molar-refractivity contribution in [2.45, 2.75) is 46.6 Å². The summed E-state index contributed by atoms with van der Waals surface area (Å²) in [6.07, 6.45) is 1.62. The summed E-state index contributed by atoms with van der Waals surface area (Å²) in [4.78, 5) is 27.2. The fourth-order valence-corrected chi connectivity index (χ4v) is 2.86. The molecule has 0 saturated carbocycles. The van der Waals surface area contributed by atoms with Crippen molar-refractivity contribution in [2.24, 2.45) is 5.41 Å². The third kappa shape index (κ3) is 3.32. The molecule has 0 radical (unpaired) electrons. The van der Waals surface area contributed by atoms with Gasteiger partial charge in [-0.3, -0.25) is 9.59 Å². The van der Waals surface area contributed by atoms with Crippen LogP contribution >= 0.6 is 0 Å². The summed E-state index contributed by atoms with van der Waals surface area (Å²) in [6, 6.07) is 6.93. The van der Waals surface area contributed by atoms with E-state index in [1.54, 1.807) is 17.0 Å². The number of rotatable bonds is 4. The Morgan fingerprint density at radius 3 is 2.59 bits per heavy atom. The highest BCUT2D eigenvalue weighted by molar-refractivity contribution is 6.01. The van der Waals surface area contributed by atoms with Gasteiger partial charge < -0.3 is 9.64 Å². The van der Waals surface area contributed by atoms with Gasteiger partial charge in [0.15, 0.2) is 5.78 Å². The third-order valence-electron chi connectivity index (χ3n) is 3.97. The molecule has 1 aromatic rings. The lowest BCUT2D eigenvalue weighted by Gasteiger charge is -2.29. The Kier molecular flexibility index (Phi) is 4.89. The fraction of sp³-hybridized carbons (Fsp3) is 0.556. The van der Waals surface area contributed by atoms with Crippen molar-refractivity contribution in [1.29, 1.82) is 0 Å². The van der Waals surface area contributed by atoms with Gasteiger partial charge in [0.05, 0.1) is 18.2 Å². The van der Waals surface area contributed by atoms with Crippen molar-refractivity contribution >= 4 is 11.7 Å². The number of ether oxygens (including phenoxy) is 1. The minimum absolute atomic E-state index is 0.107. The molecule has 1 heterocycles. The van der Waals surface area contributed by atoms with E-state index in [2.05, 4.69) is 0 Å². The van der Waals surface area contributed by atoms with Crippen LogP contribution in [0.5, 0.6) is 5.75 Å². The van der Waals surface area contributed by atoms with Crippen molar-refractivity contribution in [3.8, 4) is 5.75 Å². The summed E-state index contributed by atoms with van der Waals surface area (Å²) >= 11 is 0. The van der Waals surface area contributed by atoms with Crippen LogP contribution in [0.25, 0.3) is 0 Å². The first-order valence-corrected chi connectivity index (χ1v) is 7.93. The maximum absolute atomic E-state index is 12.9. The van der Waals surface area contributed by atoms with Crippen molar-refractivity contribution in [3.05, 3.63) is 29.8 Å². The largest absolute Gasteiger partial charge is 0.493 e. The summed E-state index contributed by atoms with van der Waals surface area (Å²) in [6.45, 7) is 8.75. The van der Waals surface area contributed by atoms with Gasteiger partial charge in [0.1, 0.15) is 5.75 Å². The third-order valence-corrected chi connectivity index (χ3v) is 3.97. The first kappa shape index (κ1) is 16.5. The molecular formula is C18H25NO3. The lowest BCUT2D eigenvalue weighted by Crippen LogP contribution is -2.45. The molecular weight excluding hydrogens is 278 g/mol. The number of carbonyl (C=O) groups excluding carboxylic acids is 2. The monoisotopic (exact) mass is 303 g/mol. The van der Waals surface area contributed by atoms with Crippen LogP contribution in [0.3, 0.4) is 0 Å². The minimum Gasteiger partial charge on any atom is -0.493 e. The summed E-state index contributed by atoms with van der Waals surface area (Å²) in [5.41, 5.74) is 0.102. The second kappa shape index (κ2) is 6.51. The van der Waals surface area contributed by atoms with E-state index in [0.29, 0.717) is 24.5 Å². The minimum atomic E-state index is -0.438. The Balaban J connectivity index is 2.27. The zero-order valence-corrected chi connectivity index (χ0v) is 13.9. The maximum Gasteiger partial charge on any atom is 0.258 e. The quantitative estimate of drug-likeness (QED) is 0.857. The lowest BCUT2D eigenvalue weighted by atomic mass is 9.85. The Morgan fingerprint density at radius 2 is 1.95 bits per heavy atom. The van der Waals surface area contributed by atoms with Gasteiger partial charge in [-0.25, -0.2) is 0 Å². The van der Waals surface area contributed by atoms with Gasteiger partial charge >= 0.3 is 0 Å². The van der Waals surface area contributed by atoms with Crippen LogP contribution < -0.4 is 4.74 Å². The molecule has 0 spiro atoms. The standard InChI is InChI=1S/C18H25NO3/c1-5-22-15-11-7-6-9-13(15)17(21)19-12-8-10-14(19)16(20)18(2,3)4/h6-7,9,11,14H,5,8,10,12H2,1-4H3/t14-/m0/s1. The molecule has 1 aliphatic heterocycles. The van der Waals surface area contributed by atoms with Gasteiger partial charge in [0.25, 0.3) is 5.91 Å². The van der Waals surface area contributed by atoms with Crippen LogP contribution in [0.1, 0.15) is 50.9 Å². The Bertz CT molecular complexity index is 560. The zero-order valence-electron chi connectivity index (χ0n) is 13.9. The van der Waals surface area contributed by atoms with Crippen LogP contribution in [0.2, 0.25) is 0 Å². The van der Waals surface area contributed by atoms with Crippen molar-refractivity contribution in [1.82, 2.24) is 4.90 Å². The number of nitrogens with zero attached hydrogens (tertiary/aromatic N) is 1. The summed E-state index contributed by atoms with van der Waals surface area (Å²) in [7, 11) is 0. The number of hydrogen-bond acceptors (Lipinski definition) is 3. The second-order valence-corrected chi connectivity index (χ2v) is 6.70. The molecule has 0 aliphatic carbocycles. The normalized spacial score (nSPS) is 18.4. The molecule has 1 aliphatic rings. The lowest BCUT2D eigenvalue weighted by molar-refractivity contribution is -0.130. The van der Waals surface area contributed by atoms with Crippen LogP contribution in [0.15, 0.2) is 24.3 Å². The van der Waals surface area contributed by atoms with Crippen LogP contribution in [-0.4, -0.2) is 35.8 Å². The fourth-order valence-electron chi connectivity index (χ4n) is 2.86. The molecule has 0 bridgehead atoms. The van der Waals surface area contributed by atoms with E-state index in [0.717, 1.165) is 12.8 Å². The molecule has 120 valence electrons. The molecule has 2 rings (SSSR count). The molecule has 4 nitrogen and oxygen atoms in total. The summed E-state index contributed by atoms with van der Waals surface area (Å²) in [5.74, 6) is 0.611. The first-order valence-electron chi connectivity index (χ1n) is 7.93. The topological polar surface area (TPSA) is 46.6 Å². The zero-order chi connectivity index (χ0) is 16.3. The van der Waals surface area contributed by atoms with E-state index in [4.69, 9.17) is 4.74 Å². The van der Waals surface area contributed by atoms with Gasteiger partial charge in [-0.05, 0) is 31.9 Å². The first-order chi connectivity index (χ1) is 10.4. The molecule has 0 unspecified atom stereocenters. The Morgan fingerprint density at radius 1 is 1.27 bits per heavy atom. The number of likely N-dealkylation sites (tertiary alicyclic amines) is 1. The Labute approximate surface area is 132 Å². The highest BCUT2D eigenvalue weighted by Crippen LogP contribution is 2.29. The molecule has 1 saturated heterocycles. The van der Waals surface area contributed by atoms with Gasteiger partial charge in [-0.1, -0.05) is 32.9 Å². The van der Waals surface area contributed by atoms with Gasteiger partial charge in [0.2, 0.25) is 0 Å². The number of ketones is 1. The number of hydrogen-bond donors (Lipinski definition) is 0. The average molecular weight is 303 g/mol. The van der Waals surface area contributed by atoms with E-state index in [1.165, 1.54) is 0 Å². The maximum atomic E-state index is 12.9. The van der Waals surface area contributed by atoms with Crippen LogP contribution in [-0.2, 0) is 4.79 Å². The van der Waals surface area contributed by atoms with Crippen molar-refractivity contribution in [3.63, 3.8) is 0 Å². The van der Waals surface area contributed by atoms with E-state index in [1.807, 2.05) is 39.8 Å². The van der Waals surface area contributed by atoms with E-state index in [9.17, 15) is 9.59 Å². The van der Waals surface area contributed by atoms with E-state index >= 15 is 0 Å². The second-order valence-electron chi connectivity index (χ2n) is 6.70. The molecule has 0 N–H and O–H groups in total. The van der Waals surface area contributed by atoms with Gasteiger partial charge in [-0.2, -0.15) is 0 Å². The number of Topliss-reactive ketones (excluding diaryl/α,β-unsaturated/α-hetero) is 1. The molecule has 1 aromatic carbocycles. The SMILES string of the molecule is CCOc1ccccc1C(=O)N1CCC[C@H]1C(=O)C(C)(C)C. The smallest absolute Gasteiger partial charge is 0.258 e. The van der Waals surface area contributed by atoms with Crippen LogP contribution in [0, 0.1) is 5.41 Å². The number of benzene rings is 1. The summed E-state index contributed by atoms with van der Waals surface area (Å²) < 4.78 is 5.55. The molecule has 1 fully saturated rings. The number of amides is 1. The molecule has 1 atom stereocenters. The molecule has 1 amide bonds. The summed E-state index contributed by atoms with van der Waals surface area (Å²) in [5, 5.41) is 0. The molecule has 0 aromatic heterocycles. The van der Waals surface area contributed by atoms with Gasteiger partial charge in [-0.15, -0.1) is 0 Å². The van der Waals surface area contributed by atoms with E-state index < -0.39 is 5.41 Å². The van der Waals surface area contributed by atoms with Crippen molar-refractivity contribution < 1.29 is 14.3 Å². The van der Waals surface area contributed by atoms with Gasteiger partial charge in [0, 0.05) is 12.0 Å². The Hall–Kier alpha value is -1.84. The highest BCUT2D eigenvalue weighted by Gasteiger charge is 2.39. The predicted octanol–water partition coefficient (Wildman–Crippen LogP) is 3.31. The highest BCUT2D eigenvalue weighted by atomic mass is 16.5. The van der Waals surface area contributed by atoms with Crippen molar-refractivity contribution in [2.75, 3.05) is 13.2 Å². The molecule has 22 heavy (non-hydrogen) atoms. The van der Waals surface area contributed by atoms with E-state index in [-0.39, 0.29) is 17.7 Å². The number of para-hydroxylation sites is 1. The van der Waals surface area contributed by atoms with Crippen LogP contribution in [0.4, 0.5) is 0 Å². The number of carbonyl (C=O) groups is 2.